The van der Waals surface area contributed by atoms with Gasteiger partial charge in [0.25, 0.3) is 0 Å². The second kappa shape index (κ2) is 6.56. The largest absolute Gasteiger partial charge is 0.495 e. The minimum absolute atomic E-state index is 0.126. The molecule has 5 nitrogen and oxygen atoms in total. The van der Waals surface area contributed by atoms with Crippen molar-refractivity contribution in [2.75, 3.05) is 20.3 Å². The molecule has 2 N–H and O–H groups in total. The summed E-state index contributed by atoms with van der Waals surface area (Å²) in [6, 6.07) is 6.56. The quantitative estimate of drug-likeness (QED) is 0.832. The van der Waals surface area contributed by atoms with Crippen LogP contribution in [0.25, 0.3) is 0 Å². The molecular weight excluding hydrogens is 278 g/mol. The van der Waals surface area contributed by atoms with Gasteiger partial charge >= 0.3 is 0 Å². The summed E-state index contributed by atoms with van der Waals surface area (Å²) in [5, 5.41) is 9.27. The zero-order chi connectivity index (χ0) is 14.6. The van der Waals surface area contributed by atoms with Crippen LogP contribution in [-0.2, 0) is 10.0 Å². The predicted molar refractivity (Wildman–Crippen MR) is 76.1 cm³/mol. The van der Waals surface area contributed by atoms with Gasteiger partial charge in [0.15, 0.2) is 0 Å². The van der Waals surface area contributed by atoms with Crippen molar-refractivity contribution < 1.29 is 18.3 Å². The molecule has 2 rings (SSSR count). The van der Waals surface area contributed by atoms with Gasteiger partial charge in [0.05, 0.1) is 7.11 Å². The van der Waals surface area contributed by atoms with Crippen molar-refractivity contribution in [2.45, 2.75) is 24.2 Å². The third-order valence-corrected chi connectivity index (χ3v) is 5.41. The van der Waals surface area contributed by atoms with Crippen LogP contribution in [0.2, 0.25) is 0 Å². The van der Waals surface area contributed by atoms with Gasteiger partial charge in [-0.05, 0) is 36.8 Å². The second-order valence-corrected chi connectivity index (χ2v) is 6.87. The maximum Gasteiger partial charge on any atom is 0.244 e. The van der Waals surface area contributed by atoms with Crippen molar-refractivity contribution in [3.63, 3.8) is 0 Å². The van der Waals surface area contributed by atoms with Crippen LogP contribution in [0.3, 0.4) is 0 Å². The molecule has 1 fully saturated rings. The zero-order valence-corrected chi connectivity index (χ0v) is 12.4. The fourth-order valence-corrected chi connectivity index (χ4v) is 4.02. The summed E-state index contributed by atoms with van der Waals surface area (Å²) in [7, 11) is -2.13. The van der Waals surface area contributed by atoms with Gasteiger partial charge in [-0.3, -0.25) is 0 Å². The normalized spacial score (nSPS) is 22.9. The molecule has 20 heavy (non-hydrogen) atoms. The number of aliphatic hydroxyl groups excluding tert-OH is 1. The molecule has 0 spiro atoms. The molecule has 0 heterocycles. The average molecular weight is 299 g/mol. The molecule has 0 aromatic heterocycles. The molecule has 2 unspecified atom stereocenters. The highest BCUT2D eigenvalue weighted by Gasteiger charge is 2.28. The van der Waals surface area contributed by atoms with Crippen LogP contribution in [0.5, 0.6) is 5.75 Å². The number of para-hydroxylation sites is 1. The first-order valence-electron chi connectivity index (χ1n) is 6.82. The molecule has 1 aliphatic carbocycles. The number of hydrogen-bond donors (Lipinski definition) is 2. The van der Waals surface area contributed by atoms with Gasteiger partial charge in [0, 0.05) is 13.2 Å². The Kier molecular flexibility index (Phi) is 5.01. The Morgan fingerprint density at radius 1 is 1.30 bits per heavy atom. The summed E-state index contributed by atoms with van der Waals surface area (Å²) >= 11 is 0. The summed E-state index contributed by atoms with van der Waals surface area (Å²) in [6.07, 6.45) is 2.98. The molecule has 112 valence electrons. The van der Waals surface area contributed by atoms with Crippen LogP contribution < -0.4 is 9.46 Å². The van der Waals surface area contributed by atoms with Crippen molar-refractivity contribution in [3.05, 3.63) is 24.3 Å². The third kappa shape index (κ3) is 3.31. The number of benzene rings is 1. The maximum absolute atomic E-state index is 12.3. The van der Waals surface area contributed by atoms with E-state index in [4.69, 9.17) is 4.74 Å². The summed E-state index contributed by atoms with van der Waals surface area (Å²) < 4.78 is 32.3. The Hall–Kier alpha value is -1.11. The van der Waals surface area contributed by atoms with Crippen molar-refractivity contribution in [2.24, 2.45) is 11.8 Å². The van der Waals surface area contributed by atoms with Crippen LogP contribution in [0.4, 0.5) is 0 Å². The first-order chi connectivity index (χ1) is 9.58. The van der Waals surface area contributed by atoms with Crippen LogP contribution in [0.1, 0.15) is 19.3 Å². The van der Waals surface area contributed by atoms with Crippen molar-refractivity contribution in [3.8, 4) is 5.75 Å². The van der Waals surface area contributed by atoms with E-state index < -0.39 is 10.0 Å². The summed E-state index contributed by atoms with van der Waals surface area (Å²) in [5.41, 5.74) is 0. The monoisotopic (exact) mass is 299 g/mol. The Labute approximate surface area is 120 Å². The van der Waals surface area contributed by atoms with E-state index >= 15 is 0 Å². The topological polar surface area (TPSA) is 75.6 Å². The lowest BCUT2D eigenvalue weighted by atomic mass is 9.97. The molecule has 0 saturated heterocycles. The van der Waals surface area contributed by atoms with Crippen LogP contribution in [0.15, 0.2) is 29.2 Å². The van der Waals surface area contributed by atoms with Gasteiger partial charge in [0.2, 0.25) is 10.0 Å². The smallest absolute Gasteiger partial charge is 0.244 e. The van der Waals surface area contributed by atoms with E-state index in [1.165, 1.54) is 13.2 Å². The Morgan fingerprint density at radius 2 is 2.00 bits per heavy atom. The third-order valence-electron chi connectivity index (χ3n) is 3.95. The predicted octanol–water partition coefficient (Wildman–Crippen LogP) is 1.38. The highest BCUT2D eigenvalue weighted by molar-refractivity contribution is 7.89. The number of hydrogen-bond acceptors (Lipinski definition) is 4. The number of methoxy groups -OCH3 is 1. The first-order valence-corrected chi connectivity index (χ1v) is 8.30. The fourth-order valence-electron chi connectivity index (χ4n) is 2.76. The van der Waals surface area contributed by atoms with E-state index in [-0.39, 0.29) is 23.3 Å². The number of sulfonamides is 1. The lowest BCUT2D eigenvalue weighted by Crippen LogP contribution is -2.32. The van der Waals surface area contributed by atoms with Gasteiger partial charge in [-0.15, -0.1) is 0 Å². The van der Waals surface area contributed by atoms with Gasteiger partial charge in [0.1, 0.15) is 10.6 Å². The van der Waals surface area contributed by atoms with Crippen LogP contribution >= 0.6 is 0 Å². The molecule has 1 aliphatic rings. The van der Waals surface area contributed by atoms with E-state index in [2.05, 4.69) is 4.72 Å². The number of aliphatic hydroxyl groups is 1. The molecule has 1 saturated carbocycles. The number of ether oxygens (including phenoxy) is 1. The highest BCUT2D eigenvalue weighted by atomic mass is 32.2. The molecule has 6 heteroatoms. The molecular formula is C14H21NO4S. The maximum atomic E-state index is 12.3. The Balaban J connectivity index is 2.08. The summed E-state index contributed by atoms with van der Waals surface area (Å²) in [5.74, 6) is 0.755. The van der Waals surface area contributed by atoms with E-state index in [1.807, 2.05) is 0 Å². The molecule has 2 atom stereocenters. The van der Waals surface area contributed by atoms with Crippen molar-refractivity contribution in [1.82, 2.24) is 4.72 Å². The zero-order valence-electron chi connectivity index (χ0n) is 11.6. The van der Waals surface area contributed by atoms with Crippen molar-refractivity contribution in [1.29, 1.82) is 0 Å². The molecule has 1 aromatic carbocycles. The fraction of sp³-hybridized carbons (Fsp3) is 0.571. The van der Waals surface area contributed by atoms with Crippen LogP contribution in [-0.4, -0.2) is 33.8 Å². The van der Waals surface area contributed by atoms with E-state index in [1.54, 1.807) is 18.2 Å². The van der Waals surface area contributed by atoms with Crippen LogP contribution in [0, 0.1) is 11.8 Å². The molecule has 0 bridgehead atoms. The SMILES string of the molecule is COc1ccccc1S(=O)(=O)NCC1CCCC1CO. The minimum Gasteiger partial charge on any atom is -0.495 e. The van der Waals surface area contributed by atoms with E-state index in [9.17, 15) is 13.5 Å². The second-order valence-electron chi connectivity index (χ2n) is 5.14. The summed E-state index contributed by atoms with van der Waals surface area (Å²) in [6.45, 7) is 0.493. The minimum atomic E-state index is -3.58. The molecule has 0 radical (unpaired) electrons. The lowest BCUT2D eigenvalue weighted by molar-refractivity contribution is 0.195. The van der Waals surface area contributed by atoms with Gasteiger partial charge in [-0.25, -0.2) is 13.1 Å². The van der Waals surface area contributed by atoms with E-state index in [0.29, 0.717) is 12.3 Å². The number of nitrogens with one attached hydrogen (secondary N) is 1. The molecule has 0 aliphatic heterocycles. The highest BCUT2D eigenvalue weighted by Crippen LogP contribution is 2.31. The lowest BCUT2D eigenvalue weighted by Gasteiger charge is -2.18. The van der Waals surface area contributed by atoms with E-state index in [0.717, 1.165) is 19.3 Å². The standard InChI is InChI=1S/C14H21NO4S/c1-19-13-7-2-3-8-14(13)20(17,18)15-9-11-5-4-6-12(11)10-16/h2-3,7-8,11-12,15-16H,4-6,9-10H2,1H3. The number of rotatable bonds is 6. The van der Waals surface area contributed by atoms with Gasteiger partial charge in [-0.2, -0.15) is 0 Å². The van der Waals surface area contributed by atoms with Crippen molar-refractivity contribution >= 4 is 10.0 Å². The average Bonchev–Trinajstić information content (AvgIpc) is 2.92. The Morgan fingerprint density at radius 3 is 2.70 bits per heavy atom. The van der Waals surface area contributed by atoms with Gasteiger partial charge < -0.3 is 9.84 Å². The first kappa shape index (κ1) is 15.3. The Bertz CT molecular complexity index is 544. The molecule has 0 amide bonds. The summed E-state index contributed by atoms with van der Waals surface area (Å²) in [4.78, 5) is 0.154. The van der Waals surface area contributed by atoms with Gasteiger partial charge in [-0.1, -0.05) is 18.6 Å². The molecule has 1 aromatic rings.